The molecule has 0 amide bonds. The summed E-state index contributed by atoms with van der Waals surface area (Å²) >= 11 is 0. The molecule has 0 aliphatic carbocycles. The van der Waals surface area contributed by atoms with Crippen molar-refractivity contribution in [2.45, 2.75) is 6.92 Å². The standard InChI is InChI=1S/C16H15NO3/c1-13-4-10-16(11-5-13)20-12-2-3-14-6-8-15(9-7-14)17(18)19/h2-11H,12H2,1H3/b3-2-. The van der Waals surface area contributed by atoms with Crippen molar-refractivity contribution in [1.29, 1.82) is 0 Å². The van der Waals surface area contributed by atoms with Crippen molar-refractivity contribution >= 4 is 11.8 Å². The third-order valence-electron chi connectivity index (χ3n) is 2.78. The Morgan fingerprint density at radius 3 is 2.35 bits per heavy atom. The summed E-state index contributed by atoms with van der Waals surface area (Å²) in [4.78, 5) is 10.1. The first-order valence-electron chi connectivity index (χ1n) is 6.25. The Morgan fingerprint density at radius 1 is 1.10 bits per heavy atom. The Hall–Kier alpha value is -2.62. The van der Waals surface area contributed by atoms with E-state index in [4.69, 9.17) is 4.74 Å². The van der Waals surface area contributed by atoms with Crippen molar-refractivity contribution in [3.05, 3.63) is 75.8 Å². The van der Waals surface area contributed by atoms with Crippen LogP contribution in [0, 0.1) is 17.0 Å². The zero-order chi connectivity index (χ0) is 14.4. The van der Waals surface area contributed by atoms with Crippen molar-refractivity contribution in [3.8, 4) is 5.75 Å². The number of nitro groups is 1. The highest BCUT2D eigenvalue weighted by atomic mass is 16.6. The Labute approximate surface area is 117 Å². The molecule has 0 radical (unpaired) electrons. The van der Waals surface area contributed by atoms with Crippen molar-refractivity contribution in [1.82, 2.24) is 0 Å². The smallest absolute Gasteiger partial charge is 0.269 e. The van der Waals surface area contributed by atoms with Crippen LogP contribution >= 0.6 is 0 Å². The van der Waals surface area contributed by atoms with Crippen LogP contribution in [-0.4, -0.2) is 11.5 Å². The number of ether oxygens (including phenoxy) is 1. The minimum Gasteiger partial charge on any atom is -0.490 e. The van der Waals surface area contributed by atoms with E-state index >= 15 is 0 Å². The van der Waals surface area contributed by atoms with Crippen molar-refractivity contribution in [2.24, 2.45) is 0 Å². The second-order valence-corrected chi connectivity index (χ2v) is 4.38. The molecule has 2 rings (SSSR count). The minimum atomic E-state index is -0.409. The Morgan fingerprint density at radius 2 is 1.75 bits per heavy atom. The number of hydrogen-bond acceptors (Lipinski definition) is 3. The van der Waals surface area contributed by atoms with Crippen LogP contribution in [0.25, 0.3) is 6.08 Å². The predicted molar refractivity (Wildman–Crippen MR) is 78.8 cm³/mol. The highest BCUT2D eigenvalue weighted by molar-refractivity contribution is 5.51. The quantitative estimate of drug-likeness (QED) is 0.609. The van der Waals surface area contributed by atoms with Crippen LogP contribution in [0.4, 0.5) is 5.69 Å². The van der Waals surface area contributed by atoms with Crippen LogP contribution in [-0.2, 0) is 0 Å². The number of hydrogen-bond donors (Lipinski definition) is 0. The van der Waals surface area contributed by atoms with Gasteiger partial charge in [-0.1, -0.05) is 23.8 Å². The van der Waals surface area contributed by atoms with E-state index in [0.29, 0.717) is 6.61 Å². The van der Waals surface area contributed by atoms with E-state index in [1.165, 1.54) is 17.7 Å². The Balaban J connectivity index is 1.87. The molecule has 0 atom stereocenters. The molecule has 0 spiro atoms. The van der Waals surface area contributed by atoms with Crippen LogP contribution in [0.5, 0.6) is 5.75 Å². The molecule has 0 heterocycles. The first-order valence-corrected chi connectivity index (χ1v) is 6.25. The molecule has 0 aliphatic heterocycles. The summed E-state index contributed by atoms with van der Waals surface area (Å²) in [7, 11) is 0. The van der Waals surface area contributed by atoms with Gasteiger partial charge in [0.1, 0.15) is 12.4 Å². The van der Waals surface area contributed by atoms with E-state index < -0.39 is 4.92 Å². The summed E-state index contributed by atoms with van der Waals surface area (Å²) in [5.74, 6) is 0.823. The van der Waals surface area contributed by atoms with E-state index in [1.807, 2.05) is 43.3 Å². The molecule has 0 fully saturated rings. The van der Waals surface area contributed by atoms with Crippen LogP contribution in [0.15, 0.2) is 54.6 Å². The van der Waals surface area contributed by atoms with E-state index in [9.17, 15) is 10.1 Å². The molecule has 0 bridgehead atoms. The van der Waals surface area contributed by atoms with Gasteiger partial charge in [0.25, 0.3) is 5.69 Å². The molecular weight excluding hydrogens is 254 g/mol. The molecule has 0 aliphatic rings. The largest absolute Gasteiger partial charge is 0.490 e. The van der Waals surface area contributed by atoms with Gasteiger partial charge in [0.2, 0.25) is 0 Å². The van der Waals surface area contributed by atoms with Crippen LogP contribution in [0.1, 0.15) is 11.1 Å². The van der Waals surface area contributed by atoms with Gasteiger partial charge in [-0.3, -0.25) is 10.1 Å². The SMILES string of the molecule is Cc1ccc(OC/C=C\c2ccc([N+](=O)[O-])cc2)cc1. The maximum absolute atomic E-state index is 10.5. The van der Waals surface area contributed by atoms with Crippen LogP contribution in [0.2, 0.25) is 0 Å². The number of nitrogens with zero attached hydrogens (tertiary/aromatic N) is 1. The summed E-state index contributed by atoms with van der Waals surface area (Å²) in [6.07, 6.45) is 3.75. The molecule has 0 aromatic heterocycles. The molecular formula is C16H15NO3. The fourth-order valence-electron chi connectivity index (χ4n) is 1.67. The Kier molecular flexibility index (Phi) is 4.50. The molecule has 0 unspecified atom stereocenters. The zero-order valence-corrected chi connectivity index (χ0v) is 11.2. The number of benzene rings is 2. The summed E-state index contributed by atoms with van der Waals surface area (Å²) in [6.45, 7) is 2.48. The molecule has 102 valence electrons. The van der Waals surface area contributed by atoms with E-state index in [0.717, 1.165) is 11.3 Å². The third kappa shape index (κ3) is 3.95. The number of nitro benzene ring substituents is 1. The monoisotopic (exact) mass is 269 g/mol. The third-order valence-corrected chi connectivity index (χ3v) is 2.78. The number of non-ortho nitro benzene ring substituents is 1. The molecule has 2 aromatic carbocycles. The lowest BCUT2D eigenvalue weighted by Gasteiger charge is -2.02. The maximum atomic E-state index is 10.5. The lowest BCUT2D eigenvalue weighted by molar-refractivity contribution is -0.384. The van der Waals surface area contributed by atoms with Gasteiger partial charge in [0, 0.05) is 12.1 Å². The first kappa shape index (κ1) is 13.8. The summed E-state index contributed by atoms with van der Waals surface area (Å²) < 4.78 is 5.55. The molecule has 0 saturated carbocycles. The van der Waals surface area contributed by atoms with Gasteiger partial charge in [-0.25, -0.2) is 0 Å². The van der Waals surface area contributed by atoms with Gasteiger partial charge in [-0.05, 0) is 42.8 Å². The van der Waals surface area contributed by atoms with E-state index in [2.05, 4.69) is 0 Å². The summed E-state index contributed by atoms with van der Waals surface area (Å²) in [6, 6.07) is 14.2. The normalized spacial score (nSPS) is 10.7. The molecule has 4 nitrogen and oxygen atoms in total. The number of rotatable bonds is 5. The maximum Gasteiger partial charge on any atom is 0.269 e. The average molecular weight is 269 g/mol. The molecule has 0 N–H and O–H groups in total. The molecule has 4 heteroatoms. The number of aryl methyl sites for hydroxylation is 1. The molecule has 20 heavy (non-hydrogen) atoms. The predicted octanol–water partition coefficient (Wildman–Crippen LogP) is 4.00. The summed E-state index contributed by atoms with van der Waals surface area (Å²) in [5.41, 5.74) is 2.19. The Bertz CT molecular complexity index is 601. The second kappa shape index (κ2) is 6.52. The fraction of sp³-hybridized carbons (Fsp3) is 0.125. The van der Waals surface area contributed by atoms with Crippen molar-refractivity contribution in [2.75, 3.05) is 6.61 Å². The minimum absolute atomic E-state index is 0.0954. The van der Waals surface area contributed by atoms with Gasteiger partial charge >= 0.3 is 0 Å². The van der Waals surface area contributed by atoms with E-state index in [-0.39, 0.29) is 5.69 Å². The van der Waals surface area contributed by atoms with Gasteiger partial charge < -0.3 is 4.74 Å². The second-order valence-electron chi connectivity index (χ2n) is 4.38. The van der Waals surface area contributed by atoms with Gasteiger partial charge in [0.15, 0.2) is 0 Å². The molecule has 0 saturated heterocycles. The first-order chi connectivity index (χ1) is 9.65. The highest BCUT2D eigenvalue weighted by Crippen LogP contribution is 2.14. The van der Waals surface area contributed by atoms with Crippen molar-refractivity contribution in [3.63, 3.8) is 0 Å². The average Bonchev–Trinajstić information content (AvgIpc) is 2.46. The van der Waals surface area contributed by atoms with E-state index in [1.54, 1.807) is 12.1 Å². The highest BCUT2D eigenvalue weighted by Gasteiger charge is 2.01. The topological polar surface area (TPSA) is 52.4 Å². The lowest BCUT2D eigenvalue weighted by atomic mass is 10.2. The van der Waals surface area contributed by atoms with Gasteiger partial charge in [0.05, 0.1) is 4.92 Å². The summed E-state index contributed by atoms with van der Waals surface area (Å²) in [5, 5.41) is 10.5. The fourth-order valence-corrected chi connectivity index (χ4v) is 1.67. The van der Waals surface area contributed by atoms with Gasteiger partial charge in [-0.15, -0.1) is 0 Å². The van der Waals surface area contributed by atoms with Gasteiger partial charge in [-0.2, -0.15) is 0 Å². The molecule has 2 aromatic rings. The van der Waals surface area contributed by atoms with Crippen molar-refractivity contribution < 1.29 is 9.66 Å². The van der Waals surface area contributed by atoms with Crippen LogP contribution < -0.4 is 4.74 Å². The van der Waals surface area contributed by atoms with Crippen LogP contribution in [0.3, 0.4) is 0 Å². The lowest BCUT2D eigenvalue weighted by Crippen LogP contribution is -1.93. The zero-order valence-electron chi connectivity index (χ0n) is 11.2.